The summed E-state index contributed by atoms with van der Waals surface area (Å²) in [5, 5.41) is 3.40. The van der Waals surface area contributed by atoms with E-state index in [9.17, 15) is 0 Å². The number of nitrogens with zero attached hydrogens (tertiary/aromatic N) is 1. The lowest BCUT2D eigenvalue weighted by Gasteiger charge is -2.22. The van der Waals surface area contributed by atoms with Crippen molar-refractivity contribution < 1.29 is 4.74 Å². The Morgan fingerprint density at radius 2 is 2.44 bits per heavy atom. The van der Waals surface area contributed by atoms with E-state index in [0.717, 1.165) is 31.9 Å². The summed E-state index contributed by atoms with van der Waals surface area (Å²) in [6.07, 6.45) is 5.34. The Labute approximate surface area is 97.2 Å². The third kappa shape index (κ3) is 3.91. The van der Waals surface area contributed by atoms with Gasteiger partial charge < -0.3 is 10.1 Å². The lowest BCUT2D eigenvalue weighted by atomic mass is 10.0. The molecule has 0 radical (unpaired) electrons. The Kier molecular flexibility index (Phi) is 4.77. The highest BCUT2D eigenvalue weighted by atomic mass is 16.5. The molecule has 1 aromatic heterocycles. The highest BCUT2D eigenvalue weighted by Gasteiger charge is 2.12. The largest absolute Gasteiger partial charge is 0.381 e. The van der Waals surface area contributed by atoms with Crippen LogP contribution in [0.15, 0.2) is 24.4 Å². The summed E-state index contributed by atoms with van der Waals surface area (Å²) in [6.45, 7) is 3.96. The third-order valence-electron chi connectivity index (χ3n) is 2.98. The van der Waals surface area contributed by atoms with Crippen LogP contribution in [-0.4, -0.2) is 31.3 Å². The topological polar surface area (TPSA) is 34.1 Å². The van der Waals surface area contributed by atoms with E-state index in [4.69, 9.17) is 4.74 Å². The van der Waals surface area contributed by atoms with E-state index in [1.807, 2.05) is 24.4 Å². The van der Waals surface area contributed by atoms with Crippen LogP contribution < -0.4 is 5.32 Å². The van der Waals surface area contributed by atoms with Gasteiger partial charge in [-0.2, -0.15) is 0 Å². The summed E-state index contributed by atoms with van der Waals surface area (Å²) < 4.78 is 5.70. The summed E-state index contributed by atoms with van der Waals surface area (Å²) in [6, 6.07) is 6.01. The predicted octanol–water partition coefficient (Wildman–Crippen LogP) is 1.64. The summed E-state index contributed by atoms with van der Waals surface area (Å²) >= 11 is 0. The van der Waals surface area contributed by atoms with Crippen molar-refractivity contribution in [3.8, 4) is 0 Å². The fourth-order valence-corrected chi connectivity index (χ4v) is 2.04. The molecule has 0 spiro atoms. The molecule has 3 heteroatoms. The fourth-order valence-electron chi connectivity index (χ4n) is 2.04. The maximum absolute atomic E-state index is 5.70. The first kappa shape index (κ1) is 11.6. The van der Waals surface area contributed by atoms with E-state index in [-0.39, 0.29) is 0 Å². The van der Waals surface area contributed by atoms with Gasteiger partial charge in [0.1, 0.15) is 0 Å². The molecule has 1 aliphatic heterocycles. The monoisotopic (exact) mass is 220 g/mol. The average Bonchev–Trinajstić information content (AvgIpc) is 2.37. The predicted molar refractivity (Wildman–Crippen MR) is 64.4 cm³/mol. The van der Waals surface area contributed by atoms with Gasteiger partial charge in [0.05, 0.1) is 13.2 Å². The van der Waals surface area contributed by atoms with Gasteiger partial charge in [0, 0.05) is 24.9 Å². The molecule has 2 rings (SSSR count). The number of piperidine rings is 1. The molecule has 1 N–H and O–H groups in total. The van der Waals surface area contributed by atoms with Gasteiger partial charge in [0.25, 0.3) is 0 Å². The minimum atomic E-state index is 0.706. The van der Waals surface area contributed by atoms with Crippen LogP contribution in [0, 0.1) is 5.92 Å². The Balaban J connectivity index is 1.58. The van der Waals surface area contributed by atoms with E-state index >= 15 is 0 Å². The fraction of sp³-hybridized carbons (Fsp3) is 0.615. The van der Waals surface area contributed by atoms with Gasteiger partial charge in [-0.25, -0.2) is 0 Å². The summed E-state index contributed by atoms with van der Waals surface area (Å²) in [5.74, 6) is 0.706. The first-order chi connectivity index (χ1) is 7.95. The molecule has 0 bridgehead atoms. The van der Waals surface area contributed by atoms with Crippen molar-refractivity contribution in [2.45, 2.75) is 19.3 Å². The Bertz CT molecular complexity index is 283. The van der Waals surface area contributed by atoms with Crippen LogP contribution in [0.3, 0.4) is 0 Å². The zero-order chi connectivity index (χ0) is 11.1. The SMILES string of the molecule is c1ccc(CCOCC2CCCNC2)nc1. The summed E-state index contributed by atoms with van der Waals surface area (Å²) in [7, 11) is 0. The molecule has 0 aromatic carbocycles. The van der Waals surface area contributed by atoms with Gasteiger partial charge >= 0.3 is 0 Å². The van der Waals surface area contributed by atoms with Crippen molar-refractivity contribution in [2.24, 2.45) is 5.92 Å². The second-order valence-corrected chi connectivity index (χ2v) is 4.36. The van der Waals surface area contributed by atoms with Crippen molar-refractivity contribution >= 4 is 0 Å². The smallest absolute Gasteiger partial charge is 0.0521 e. The molecule has 3 nitrogen and oxygen atoms in total. The van der Waals surface area contributed by atoms with Gasteiger partial charge in [0.15, 0.2) is 0 Å². The second kappa shape index (κ2) is 6.61. The lowest BCUT2D eigenvalue weighted by Crippen LogP contribution is -2.32. The second-order valence-electron chi connectivity index (χ2n) is 4.36. The molecule has 1 atom stereocenters. The minimum Gasteiger partial charge on any atom is -0.381 e. The Morgan fingerprint density at radius 3 is 3.19 bits per heavy atom. The Hall–Kier alpha value is -0.930. The maximum Gasteiger partial charge on any atom is 0.0521 e. The average molecular weight is 220 g/mol. The number of hydrogen-bond donors (Lipinski definition) is 1. The Morgan fingerprint density at radius 1 is 1.44 bits per heavy atom. The molecule has 0 saturated carbocycles. The number of aromatic nitrogens is 1. The van der Waals surface area contributed by atoms with Crippen LogP contribution in [0.2, 0.25) is 0 Å². The minimum absolute atomic E-state index is 0.706. The standard InChI is InChI=1S/C13H20N2O/c1-2-8-15-13(5-1)6-9-16-11-12-4-3-7-14-10-12/h1-2,5,8,12,14H,3-4,6-7,9-11H2. The van der Waals surface area contributed by atoms with Gasteiger partial charge in [0.2, 0.25) is 0 Å². The molecule has 1 aliphatic rings. The zero-order valence-corrected chi connectivity index (χ0v) is 9.69. The van der Waals surface area contributed by atoms with Crippen LogP contribution in [-0.2, 0) is 11.2 Å². The van der Waals surface area contributed by atoms with E-state index in [0.29, 0.717) is 5.92 Å². The van der Waals surface area contributed by atoms with Crippen LogP contribution in [0.4, 0.5) is 0 Å². The van der Waals surface area contributed by atoms with E-state index in [1.165, 1.54) is 19.4 Å². The van der Waals surface area contributed by atoms with Crippen molar-refractivity contribution in [3.63, 3.8) is 0 Å². The molecular weight excluding hydrogens is 200 g/mol. The van der Waals surface area contributed by atoms with E-state index in [1.54, 1.807) is 0 Å². The van der Waals surface area contributed by atoms with Crippen molar-refractivity contribution in [1.29, 1.82) is 0 Å². The van der Waals surface area contributed by atoms with Crippen molar-refractivity contribution in [2.75, 3.05) is 26.3 Å². The van der Waals surface area contributed by atoms with Gasteiger partial charge in [-0.05, 0) is 37.4 Å². The first-order valence-electron chi connectivity index (χ1n) is 6.13. The normalized spacial score (nSPS) is 20.9. The molecule has 88 valence electrons. The van der Waals surface area contributed by atoms with Crippen LogP contribution in [0.1, 0.15) is 18.5 Å². The van der Waals surface area contributed by atoms with E-state index in [2.05, 4.69) is 10.3 Å². The van der Waals surface area contributed by atoms with Crippen LogP contribution in [0.5, 0.6) is 0 Å². The van der Waals surface area contributed by atoms with Gasteiger partial charge in [-0.15, -0.1) is 0 Å². The summed E-state index contributed by atoms with van der Waals surface area (Å²) in [4.78, 5) is 4.27. The van der Waals surface area contributed by atoms with E-state index < -0.39 is 0 Å². The molecule has 1 fully saturated rings. The molecule has 1 unspecified atom stereocenters. The molecule has 1 saturated heterocycles. The third-order valence-corrected chi connectivity index (χ3v) is 2.98. The number of rotatable bonds is 5. The highest BCUT2D eigenvalue weighted by molar-refractivity contribution is 5.03. The first-order valence-corrected chi connectivity index (χ1v) is 6.13. The number of nitrogens with one attached hydrogen (secondary N) is 1. The lowest BCUT2D eigenvalue weighted by molar-refractivity contribution is 0.0917. The number of hydrogen-bond acceptors (Lipinski definition) is 3. The van der Waals surface area contributed by atoms with Crippen molar-refractivity contribution in [3.05, 3.63) is 30.1 Å². The molecule has 0 amide bonds. The molecule has 2 heterocycles. The quantitative estimate of drug-likeness (QED) is 0.766. The summed E-state index contributed by atoms with van der Waals surface area (Å²) in [5.41, 5.74) is 1.12. The van der Waals surface area contributed by atoms with Gasteiger partial charge in [-0.3, -0.25) is 4.98 Å². The number of ether oxygens (including phenoxy) is 1. The van der Waals surface area contributed by atoms with Gasteiger partial charge in [-0.1, -0.05) is 6.07 Å². The van der Waals surface area contributed by atoms with Crippen LogP contribution >= 0.6 is 0 Å². The molecular formula is C13H20N2O. The van der Waals surface area contributed by atoms with Crippen molar-refractivity contribution in [1.82, 2.24) is 10.3 Å². The molecule has 0 aliphatic carbocycles. The number of pyridine rings is 1. The highest BCUT2D eigenvalue weighted by Crippen LogP contribution is 2.10. The molecule has 16 heavy (non-hydrogen) atoms. The van der Waals surface area contributed by atoms with Crippen LogP contribution in [0.25, 0.3) is 0 Å². The maximum atomic E-state index is 5.70. The zero-order valence-electron chi connectivity index (χ0n) is 9.69. The molecule has 1 aromatic rings.